The molecule has 6 heteroatoms. The van der Waals surface area contributed by atoms with E-state index >= 15 is 0 Å². The molecule has 2 heterocycles. The van der Waals surface area contributed by atoms with E-state index in [4.69, 9.17) is 4.74 Å². The lowest BCUT2D eigenvalue weighted by molar-refractivity contribution is 0.199. The van der Waals surface area contributed by atoms with Crippen LogP contribution in [0.1, 0.15) is 19.8 Å². The van der Waals surface area contributed by atoms with Gasteiger partial charge in [0.25, 0.3) is 5.56 Å². The summed E-state index contributed by atoms with van der Waals surface area (Å²) in [4.78, 5) is 20.5. The lowest BCUT2D eigenvalue weighted by Gasteiger charge is -2.30. The molecule has 0 unspecified atom stereocenters. The molecule has 1 fully saturated rings. The molecule has 0 aliphatic carbocycles. The summed E-state index contributed by atoms with van der Waals surface area (Å²) in [6, 6.07) is 0. The fourth-order valence-corrected chi connectivity index (χ4v) is 2.32. The molecule has 0 amide bonds. The van der Waals surface area contributed by atoms with Gasteiger partial charge in [-0.05, 0) is 31.8 Å². The van der Waals surface area contributed by atoms with Gasteiger partial charge in [-0.3, -0.25) is 4.79 Å². The van der Waals surface area contributed by atoms with E-state index in [1.165, 1.54) is 26.3 Å². The summed E-state index contributed by atoms with van der Waals surface area (Å²) in [6.07, 6.45) is 3.93. The number of nitrogens with zero attached hydrogens (tertiary/aromatic N) is 2. The van der Waals surface area contributed by atoms with Crippen molar-refractivity contribution in [2.75, 3.05) is 38.6 Å². The van der Waals surface area contributed by atoms with E-state index in [0.29, 0.717) is 5.82 Å². The Morgan fingerprint density at radius 3 is 2.95 bits per heavy atom. The molecule has 0 radical (unpaired) electrons. The fraction of sp³-hybridized carbons (Fsp3) is 0.692. The first-order chi connectivity index (χ1) is 9.20. The summed E-state index contributed by atoms with van der Waals surface area (Å²) in [5.41, 5.74) is -0.258. The van der Waals surface area contributed by atoms with Gasteiger partial charge in [0.1, 0.15) is 0 Å². The van der Waals surface area contributed by atoms with Crippen LogP contribution in [0.5, 0.6) is 5.75 Å². The van der Waals surface area contributed by atoms with Gasteiger partial charge in [0.05, 0.1) is 13.4 Å². The van der Waals surface area contributed by atoms with Crippen LogP contribution in [-0.4, -0.2) is 48.2 Å². The zero-order chi connectivity index (χ0) is 13.7. The van der Waals surface area contributed by atoms with Crippen molar-refractivity contribution in [1.29, 1.82) is 0 Å². The second-order valence-corrected chi connectivity index (χ2v) is 5.06. The third-order valence-corrected chi connectivity index (χ3v) is 3.61. The van der Waals surface area contributed by atoms with Crippen LogP contribution in [0.15, 0.2) is 11.1 Å². The van der Waals surface area contributed by atoms with Crippen LogP contribution in [0.25, 0.3) is 0 Å². The van der Waals surface area contributed by atoms with Gasteiger partial charge in [0.15, 0.2) is 5.82 Å². The maximum atomic E-state index is 11.5. The summed E-state index contributed by atoms with van der Waals surface area (Å²) >= 11 is 0. The Morgan fingerprint density at radius 1 is 1.53 bits per heavy atom. The molecule has 2 rings (SSSR count). The van der Waals surface area contributed by atoms with Crippen molar-refractivity contribution in [3.8, 4) is 5.75 Å². The van der Waals surface area contributed by atoms with Crippen molar-refractivity contribution in [1.82, 2.24) is 14.9 Å². The summed E-state index contributed by atoms with van der Waals surface area (Å²) in [5, 5.41) is 3.17. The monoisotopic (exact) mass is 266 g/mol. The number of anilines is 1. The van der Waals surface area contributed by atoms with E-state index in [2.05, 4.69) is 27.1 Å². The van der Waals surface area contributed by atoms with E-state index in [0.717, 1.165) is 32.1 Å². The molecule has 0 spiro atoms. The van der Waals surface area contributed by atoms with Crippen molar-refractivity contribution >= 4 is 5.82 Å². The van der Waals surface area contributed by atoms with E-state index in [1.54, 1.807) is 0 Å². The zero-order valence-corrected chi connectivity index (χ0v) is 11.6. The molecular formula is C13H22N4O2. The molecule has 1 aromatic heterocycles. The van der Waals surface area contributed by atoms with E-state index in [9.17, 15) is 4.79 Å². The van der Waals surface area contributed by atoms with Crippen LogP contribution in [0.3, 0.4) is 0 Å². The Labute approximate surface area is 113 Å². The molecular weight excluding hydrogens is 244 g/mol. The van der Waals surface area contributed by atoms with Gasteiger partial charge < -0.3 is 19.9 Å². The summed E-state index contributed by atoms with van der Waals surface area (Å²) in [6.45, 7) is 6.34. The number of hydrogen-bond donors (Lipinski definition) is 2. The average Bonchev–Trinajstić information content (AvgIpc) is 2.41. The normalized spacial score (nSPS) is 17.4. The standard InChI is InChI=1S/C13H22N4O2/c1-10-3-6-17(7-4-10)8-5-14-12-11(19-2)13(18)16-9-15-12/h9-10H,3-8H2,1-2H3,(H2,14,15,16,18). The van der Waals surface area contributed by atoms with E-state index < -0.39 is 0 Å². The molecule has 19 heavy (non-hydrogen) atoms. The lowest BCUT2D eigenvalue weighted by Crippen LogP contribution is -2.36. The predicted octanol–water partition coefficient (Wildman–Crippen LogP) is 0.922. The van der Waals surface area contributed by atoms with Gasteiger partial charge in [-0.2, -0.15) is 0 Å². The lowest BCUT2D eigenvalue weighted by atomic mass is 9.99. The Kier molecular flexibility index (Phi) is 4.79. The van der Waals surface area contributed by atoms with Crippen LogP contribution in [0.4, 0.5) is 5.82 Å². The Hall–Kier alpha value is -1.56. The van der Waals surface area contributed by atoms with Crippen LogP contribution < -0.4 is 15.6 Å². The maximum Gasteiger partial charge on any atom is 0.295 e. The first kappa shape index (κ1) is 13.9. The van der Waals surface area contributed by atoms with Crippen LogP contribution in [0, 0.1) is 5.92 Å². The van der Waals surface area contributed by atoms with E-state index in [1.807, 2.05) is 0 Å². The minimum Gasteiger partial charge on any atom is -0.489 e. The van der Waals surface area contributed by atoms with Crippen molar-refractivity contribution in [2.24, 2.45) is 5.92 Å². The molecule has 2 N–H and O–H groups in total. The van der Waals surface area contributed by atoms with Gasteiger partial charge in [0, 0.05) is 13.1 Å². The molecule has 0 atom stereocenters. The largest absolute Gasteiger partial charge is 0.489 e. The highest BCUT2D eigenvalue weighted by molar-refractivity contribution is 5.47. The highest BCUT2D eigenvalue weighted by Gasteiger charge is 2.15. The highest BCUT2D eigenvalue weighted by atomic mass is 16.5. The first-order valence-electron chi connectivity index (χ1n) is 6.78. The number of likely N-dealkylation sites (tertiary alicyclic amines) is 1. The summed E-state index contributed by atoms with van der Waals surface area (Å²) in [7, 11) is 1.48. The first-order valence-corrected chi connectivity index (χ1v) is 6.78. The minimum atomic E-state index is -0.258. The van der Waals surface area contributed by atoms with Crippen LogP contribution >= 0.6 is 0 Å². The summed E-state index contributed by atoms with van der Waals surface area (Å²) in [5.74, 6) is 1.60. The quantitative estimate of drug-likeness (QED) is 0.829. The molecule has 106 valence electrons. The molecule has 1 saturated heterocycles. The van der Waals surface area contributed by atoms with Gasteiger partial charge in [-0.25, -0.2) is 4.98 Å². The average molecular weight is 266 g/mol. The number of nitrogens with one attached hydrogen (secondary N) is 2. The Bertz CT molecular complexity index is 452. The van der Waals surface area contributed by atoms with Gasteiger partial charge in [-0.1, -0.05) is 6.92 Å². The van der Waals surface area contributed by atoms with Crippen molar-refractivity contribution < 1.29 is 4.74 Å². The second-order valence-electron chi connectivity index (χ2n) is 5.06. The van der Waals surface area contributed by atoms with Crippen LogP contribution in [-0.2, 0) is 0 Å². The number of aromatic amines is 1. The Morgan fingerprint density at radius 2 is 2.26 bits per heavy atom. The molecule has 1 aliphatic rings. The fourth-order valence-electron chi connectivity index (χ4n) is 2.32. The summed E-state index contributed by atoms with van der Waals surface area (Å²) < 4.78 is 5.05. The topological polar surface area (TPSA) is 70.2 Å². The Balaban J connectivity index is 1.83. The number of ether oxygens (including phenoxy) is 1. The van der Waals surface area contributed by atoms with Crippen molar-refractivity contribution in [2.45, 2.75) is 19.8 Å². The second kappa shape index (κ2) is 6.56. The number of rotatable bonds is 5. The molecule has 1 aliphatic heterocycles. The van der Waals surface area contributed by atoms with Crippen molar-refractivity contribution in [3.63, 3.8) is 0 Å². The number of H-pyrrole nitrogens is 1. The van der Waals surface area contributed by atoms with Gasteiger partial charge in [-0.15, -0.1) is 0 Å². The maximum absolute atomic E-state index is 11.5. The SMILES string of the molecule is COc1c(NCCN2CCC(C)CC2)nc[nH]c1=O. The predicted molar refractivity (Wildman–Crippen MR) is 74.7 cm³/mol. The zero-order valence-electron chi connectivity index (χ0n) is 11.6. The molecule has 0 bridgehead atoms. The van der Waals surface area contributed by atoms with Crippen LogP contribution in [0.2, 0.25) is 0 Å². The number of methoxy groups -OCH3 is 1. The van der Waals surface area contributed by atoms with Gasteiger partial charge in [0.2, 0.25) is 5.75 Å². The highest BCUT2D eigenvalue weighted by Crippen LogP contribution is 2.16. The minimum absolute atomic E-state index is 0.245. The molecule has 1 aromatic rings. The van der Waals surface area contributed by atoms with E-state index in [-0.39, 0.29) is 11.3 Å². The number of aromatic nitrogens is 2. The third-order valence-electron chi connectivity index (χ3n) is 3.61. The molecule has 0 saturated carbocycles. The van der Waals surface area contributed by atoms with Crippen molar-refractivity contribution in [3.05, 3.63) is 16.7 Å². The third kappa shape index (κ3) is 3.70. The van der Waals surface area contributed by atoms with Gasteiger partial charge >= 0.3 is 0 Å². The number of hydrogen-bond acceptors (Lipinski definition) is 5. The number of piperidine rings is 1. The molecule has 0 aromatic carbocycles. The molecule has 6 nitrogen and oxygen atoms in total. The smallest absolute Gasteiger partial charge is 0.295 e.